The zero-order valence-corrected chi connectivity index (χ0v) is 15.0. The van der Waals surface area contributed by atoms with Crippen LogP contribution in [-0.4, -0.2) is 17.4 Å². The Morgan fingerprint density at radius 1 is 1.08 bits per heavy atom. The number of alkyl halides is 2. The molecule has 0 spiro atoms. The van der Waals surface area contributed by atoms with E-state index in [1.807, 2.05) is 49.1 Å². The first-order chi connectivity index (χ1) is 11.8. The molecule has 0 fully saturated rings. The van der Waals surface area contributed by atoms with Crippen LogP contribution >= 0.6 is 0 Å². The molecule has 0 saturated heterocycles. The summed E-state index contributed by atoms with van der Waals surface area (Å²) in [6.07, 6.45) is 1.19. The van der Waals surface area contributed by atoms with Crippen molar-refractivity contribution in [3.8, 4) is 0 Å². The summed E-state index contributed by atoms with van der Waals surface area (Å²) < 4.78 is 26.7. The first-order valence-electron chi connectivity index (χ1n) is 8.64. The van der Waals surface area contributed by atoms with Crippen molar-refractivity contribution in [1.82, 2.24) is 4.90 Å². The monoisotopic (exact) mass is 345 g/mol. The van der Waals surface area contributed by atoms with Crippen LogP contribution in [0.25, 0.3) is 0 Å². The van der Waals surface area contributed by atoms with Crippen LogP contribution in [0.5, 0.6) is 0 Å². The van der Waals surface area contributed by atoms with E-state index < -0.39 is 5.92 Å². The third-order valence-corrected chi connectivity index (χ3v) is 4.47. The van der Waals surface area contributed by atoms with Crippen molar-refractivity contribution in [3.05, 3.63) is 71.3 Å². The molecule has 0 aromatic heterocycles. The summed E-state index contributed by atoms with van der Waals surface area (Å²) in [5.41, 5.74) is 2.02. The highest BCUT2D eigenvalue weighted by atomic mass is 19.3. The lowest BCUT2D eigenvalue weighted by Crippen LogP contribution is -2.34. The number of carbonyl (C=O) groups is 1. The average molecular weight is 345 g/mol. The number of rotatable bonds is 7. The summed E-state index contributed by atoms with van der Waals surface area (Å²) in [7, 11) is 0. The predicted octanol–water partition coefficient (Wildman–Crippen LogP) is 5.34. The van der Waals surface area contributed by atoms with Gasteiger partial charge in [0.05, 0.1) is 6.04 Å². The van der Waals surface area contributed by atoms with Crippen molar-refractivity contribution in [3.63, 3.8) is 0 Å². The molecule has 2 aromatic carbocycles. The largest absolute Gasteiger partial charge is 0.336 e. The maximum Gasteiger partial charge on any atom is 0.270 e. The Hall–Kier alpha value is -2.23. The number of halogens is 2. The predicted molar refractivity (Wildman–Crippen MR) is 96.6 cm³/mol. The fraction of sp³-hybridized carbons (Fsp3) is 0.381. The van der Waals surface area contributed by atoms with Gasteiger partial charge < -0.3 is 4.90 Å². The topological polar surface area (TPSA) is 20.3 Å². The molecular formula is C21H25F2NO. The Morgan fingerprint density at radius 2 is 1.68 bits per heavy atom. The fourth-order valence-corrected chi connectivity index (χ4v) is 2.87. The van der Waals surface area contributed by atoms with Gasteiger partial charge in [0.2, 0.25) is 5.91 Å². The molecule has 4 heteroatoms. The molecule has 2 rings (SSSR count). The lowest BCUT2D eigenvalue weighted by molar-refractivity contribution is -0.133. The molecule has 0 aliphatic heterocycles. The second-order valence-electron chi connectivity index (χ2n) is 6.36. The highest BCUT2D eigenvalue weighted by Crippen LogP contribution is 2.29. The summed E-state index contributed by atoms with van der Waals surface area (Å²) in [6.45, 7) is 5.27. The smallest absolute Gasteiger partial charge is 0.270 e. The van der Waals surface area contributed by atoms with Crippen molar-refractivity contribution >= 4 is 5.91 Å². The summed E-state index contributed by atoms with van der Waals surface area (Å²) in [5, 5.41) is 0. The number of carbonyl (C=O) groups excluding carboxylic acids is 1. The van der Waals surface area contributed by atoms with Crippen LogP contribution in [0, 0.1) is 0 Å². The normalized spacial score (nSPS) is 12.7. The Bertz CT molecular complexity index is 677. The van der Waals surface area contributed by atoms with Crippen LogP contribution in [0.3, 0.4) is 0 Å². The van der Waals surface area contributed by atoms with Crippen LogP contribution in [0.1, 0.15) is 49.9 Å². The Morgan fingerprint density at radius 3 is 2.20 bits per heavy atom. The van der Waals surface area contributed by atoms with E-state index in [1.54, 1.807) is 12.1 Å². The standard InChI is InChI=1S/C21H25F2NO/c1-4-20(25)24(15-14-17-8-6-5-7-9-17)16(2)18-10-12-19(13-11-18)21(3,22)23/h5-13,16H,4,14-15H2,1-3H3. The van der Waals surface area contributed by atoms with Crippen LogP contribution < -0.4 is 0 Å². The number of hydrogen-bond acceptors (Lipinski definition) is 1. The zero-order chi connectivity index (χ0) is 18.4. The molecule has 0 aliphatic carbocycles. The van der Waals surface area contributed by atoms with Crippen molar-refractivity contribution in [2.45, 2.75) is 45.6 Å². The van der Waals surface area contributed by atoms with Gasteiger partial charge in [-0.1, -0.05) is 61.5 Å². The lowest BCUT2D eigenvalue weighted by Gasteiger charge is -2.30. The molecule has 1 atom stereocenters. The number of benzene rings is 2. The van der Waals surface area contributed by atoms with E-state index in [0.717, 1.165) is 18.9 Å². The van der Waals surface area contributed by atoms with E-state index in [2.05, 4.69) is 0 Å². The van der Waals surface area contributed by atoms with Crippen LogP contribution in [0.15, 0.2) is 54.6 Å². The Balaban J connectivity index is 2.15. The van der Waals surface area contributed by atoms with Crippen LogP contribution in [0.2, 0.25) is 0 Å². The molecule has 0 bridgehead atoms. The molecule has 2 nitrogen and oxygen atoms in total. The minimum absolute atomic E-state index is 0.0129. The van der Waals surface area contributed by atoms with Gasteiger partial charge in [0.1, 0.15) is 0 Å². The molecule has 2 aromatic rings. The van der Waals surface area contributed by atoms with Crippen molar-refractivity contribution in [1.29, 1.82) is 0 Å². The van der Waals surface area contributed by atoms with E-state index in [-0.39, 0.29) is 17.5 Å². The minimum Gasteiger partial charge on any atom is -0.336 e. The highest BCUT2D eigenvalue weighted by molar-refractivity contribution is 5.76. The number of hydrogen-bond donors (Lipinski definition) is 0. The van der Waals surface area contributed by atoms with Gasteiger partial charge in [-0.2, -0.15) is 0 Å². The van der Waals surface area contributed by atoms with Gasteiger partial charge in [-0.3, -0.25) is 4.79 Å². The van der Waals surface area contributed by atoms with Gasteiger partial charge in [-0.05, 0) is 24.5 Å². The molecule has 134 valence electrons. The molecule has 0 radical (unpaired) electrons. The van der Waals surface area contributed by atoms with E-state index >= 15 is 0 Å². The van der Waals surface area contributed by atoms with Crippen LogP contribution in [-0.2, 0) is 17.1 Å². The number of amides is 1. The first kappa shape index (κ1) is 19.1. The summed E-state index contributed by atoms with van der Waals surface area (Å²) in [4.78, 5) is 14.2. The molecule has 0 saturated carbocycles. The Kier molecular flexibility index (Phi) is 6.29. The third-order valence-electron chi connectivity index (χ3n) is 4.47. The van der Waals surface area contributed by atoms with Gasteiger partial charge in [0.15, 0.2) is 0 Å². The molecule has 1 unspecified atom stereocenters. The highest BCUT2D eigenvalue weighted by Gasteiger charge is 2.25. The van der Waals surface area contributed by atoms with Crippen molar-refractivity contribution < 1.29 is 13.6 Å². The van der Waals surface area contributed by atoms with Gasteiger partial charge in [0.25, 0.3) is 5.92 Å². The third kappa shape index (κ3) is 5.12. The van der Waals surface area contributed by atoms with Gasteiger partial charge >= 0.3 is 0 Å². The molecule has 0 aliphatic rings. The van der Waals surface area contributed by atoms with Gasteiger partial charge in [-0.15, -0.1) is 0 Å². The van der Waals surface area contributed by atoms with Crippen molar-refractivity contribution in [2.24, 2.45) is 0 Å². The SMILES string of the molecule is CCC(=O)N(CCc1ccccc1)C(C)c1ccc(C(C)(F)F)cc1. The minimum atomic E-state index is -2.85. The summed E-state index contributed by atoms with van der Waals surface area (Å²) in [6, 6.07) is 16.1. The zero-order valence-electron chi connectivity index (χ0n) is 15.0. The van der Waals surface area contributed by atoms with Gasteiger partial charge in [0, 0.05) is 25.5 Å². The average Bonchev–Trinajstić information content (AvgIpc) is 2.61. The van der Waals surface area contributed by atoms with E-state index in [4.69, 9.17) is 0 Å². The van der Waals surface area contributed by atoms with E-state index in [9.17, 15) is 13.6 Å². The van der Waals surface area contributed by atoms with Crippen molar-refractivity contribution in [2.75, 3.05) is 6.54 Å². The fourth-order valence-electron chi connectivity index (χ4n) is 2.87. The summed E-state index contributed by atoms with van der Waals surface area (Å²) in [5.74, 6) is -2.79. The summed E-state index contributed by atoms with van der Waals surface area (Å²) >= 11 is 0. The quantitative estimate of drug-likeness (QED) is 0.663. The first-order valence-corrected chi connectivity index (χ1v) is 8.64. The maximum atomic E-state index is 13.4. The molecular weight excluding hydrogens is 320 g/mol. The molecule has 1 amide bonds. The van der Waals surface area contributed by atoms with E-state index in [0.29, 0.717) is 13.0 Å². The Labute approximate surface area is 148 Å². The van der Waals surface area contributed by atoms with Gasteiger partial charge in [-0.25, -0.2) is 8.78 Å². The van der Waals surface area contributed by atoms with E-state index in [1.165, 1.54) is 17.7 Å². The second kappa shape index (κ2) is 8.24. The maximum absolute atomic E-state index is 13.4. The lowest BCUT2D eigenvalue weighted by atomic mass is 10.0. The van der Waals surface area contributed by atoms with Crippen LogP contribution in [0.4, 0.5) is 8.78 Å². The second-order valence-corrected chi connectivity index (χ2v) is 6.36. The molecule has 25 heavy (non-hydrogen) atoms. The molecule has 0 N–H and O–H groups in total. The molecule has 0 heterocycles. The number of nitrogens with zero attached hydrogens (tertiary/aromatic N) is 1.